The first-order chi connectivity index (χ1) is 9.58. The zero-order valence-corrected chi connectivity index (χ0v) is 12.9. The number of anilines is 1. The fourth-order valence-corrected chi connectivity index (χ4v) is 2.10. The van der Waals surface area contributed by atoms with Crippen molar-refractivity contribution in [2.45, 2.75) is 26.7 Å². The summed E-state index contributed by atoms with van der Waals surface area (Å²) in [4.78, 5) is 14.0. The molecule has 0 atom stereocenters. The molecule has 0 saturated heterocycles. The molecule has 0 bridgehead atoms. The van der Waals surface area contributed by atoms with Crippen LogP contribution in [0.2, 0.25) is 5.02 Å². The van der Waals surface area contributed by atoms with Crippen LogP contribution in [0.1, 0.15) is 25.3 Å². The Hall–Kier alpha value is -1.10. The third kappa shape index (κ3) is 5.49. The van der Waals surface area contributed by atoms with Gasteiger partial charge in [0.05, 0.1) is 13.2 Å². The van der Waals surface area contributed by atoms with Gasteiger partial charge < -0.3 is 10.4 Å². The second kappa shape index (κ2) is 8.95. The summed E-state index contributed by atoms with van der Waals surface area (Å²) in [5.41, 5.74) is 1.60. The molecule has 0 heterocycles. The van der Waals surface area contributed by atoms with E-state index in [2.05, 4.69) is 12.2 Å². The Balaban J connectivity index is 2.58. The van der Waals surface area contributed by atoms with Crippen molar-refractivity contribution < 1.29 is 9.90 Å². The van der Waals surface area contributed by atoms with Crippen LogP contribution in [0.4, 0.5) is 5.69 Å². The third-order valence-corrected chi connectivity index (χ3v) is 3.56. The van der Waals surface area contributed by atoms with E-state index in [0.717, 1.165) is 30.6 Å². The number of aliphatic hydroxyl groups excluding tert-OH is 1. The summed E-state index contributed by atoms with van der Waals surface area (Å²) < 4.78 is 0. The van der Waals surface area contributed by atoms with Crippen LogP contribution in [-0.4, -0.2) is 42.2 Å². The molecular weight excluding hydrogens is 276 g/mol. The summed E-state index contributed by atoms with van der Waals surface area (Å²) in [5.74, 6) is -0.0834. The largest absolute Gasteiger partial charge is 0.395 e. The molecule has 0 spiro atoms. The van der Waals surface area contributed by atoms with Crippen molar-refractivity contribution in [3.05, 3.63) is 28.8 Å². The molecule has 20 heavy (non-hydrogen) atoms. The average Bonchev–Trinajstić information content (AvgIpc) is 2.41. The summed E-state index contributed by atoms with van der Waals surface area (Å²) in [6.07, 6.45) is 2.08. The Bertz CT molecular complexity index is 438. The van der Waals surface area contributed by atoms with E-state index >= 15 is 0 Å². The number of nitrogens with one attached hydrogen (secondary N) is 1. The zero-order chi connectivity index (χ0) is 15.0. The molecule has 5 heteroatoms. The van der Waals surface area contributed by atoms with Crippen LogP contribution >= 0.6 is 11.6 Å². The second-order valence-corrected chi connectivity index (χ2v) is 5.22. The van der Waals surface area contributed by atoms with Crippen molar-refractivity contribution in [3.8, 4) is 0 Å². The molecule has 1 aromatic carbocycles. The highest BCUT2D eigenvalue weighted by atomic mass is 35.5. The van der Waals surface area contributed by atoms with Crippen LogP contribution in [0.3, 0.4) is 0 Å². The van der Waals surface area contributed by atoms with Crippen molar-refractivity contribution in [1.82, 2.24) is 4.90 Å². The zero-order valence-electron chi connectivity index (χ0n) is 12.2. The summed E-state index contributed by atoms with van der Waals surface area (Å²) in [7, 11) is 0. The maximum absolute atomic E-state index is 12.0. The fourth-order valence-electron chi connectivity index (χ4n) is 1.93. The van der Waals surface area contributed by atoms with Crippen molar-refractivity contribution in [3.63, 3.8) is 0 Å². The molecule has 0 radical (unpaired) electrons. The first kappa shape index (κ1) is 17.0. The first-order valence-corrected chi connectivity index (χ1v) is 7.34. The minimum atomic E-state index is -0.0834. The summed E-state index contributed by atoms with van der Waals surface area (Å²) in [5, 5.41) is 12.5. The lowest BCUT2D eigenvalue weighted by Gasteiger charge is -2.20. The minimum absolute atomic E-state index is 0.0627. The number of benzene rings is 1. The van der Waals surface area contributed by atoms with Crippen LogP contribution in [0, 0.1) is 6.92 Å². The van der Waals surface area contributed by atoms with Gasteiger partial charge in [-0.25, -0.2) is 0 Å². The van der Waals surface area contributed by atoms with E-state index in [1.807, 2.05) is 24.0 Å². The summed E-state index contributed by atoms with van der Waals surface area (Å²) in [6.45, 7) is 5.66. The van der Waals surface area contributed by atoms with Gasteiger partial charge in [0.1, 0.15) is 0 Å². The standard InChI is InChI=1S/C15H23ClN2O2/c1-3-4-8-18(9-10-19)11-15(20)17-14-7-5-6-13(16)12(14)2/h5-7,19H,3-4,8-11H2,1-2H3,(H,17,20). The lowest BCUT2D eigenvalue weighted by molar-refractivity contribution is -0.117. The van der Waals surface area contributed by atoms with Gasteiger partial charge in [0, 0.05) is 17.3 Å². The Morgan fingerprint density at radius 1 is 1.40 bits per heavy atom. The van der Waals surface area contributed by atoms with Gasteiger partial charge in [0.25, 0.3) is 0 Å². The van der Waals surface area contributed by atoms with E-state index in [0.29, 0.717) is 11.6 Å². The quantitative estimate of drug-likeness (QED) is 0.776. The number of nitrogens with zero attached hydrogens (tertiary/aromatic N) is 1. The van der Waals surface area contributed by atoms with Crippen LogP contribution < -0.4 is 5.32 Å². The number of aliphatic hydroxyl groups is 1. The molecule has 0 saturated carbocycles. The number of hydrogen-bond acceptors (Lipinski definition) is 3. The second-order valence-electron chi connectivity index (χ2n) is 4.81. The number of unbranched alkanes of at least 4 members (excludes halogenated alkanes) is 1. The van der Waals surface area contributed by atoms with Crippen molar-refractivity contribution in [2.24, 2.45) is 0 Å². The van der Waals surface area contributed by atoms with Gasteiger partial charge in [-0.05, 0) is 37.6 Å². The highest BCUT2D eigenvalue weighted by Crippen LogP contribution is 2.22. The fraction of sp³-hybridized carbons (Fsp3) is 0.533. The third-order valence-electron chi connectivity index (χ3n) is 3.15. The van der Waals surface area contributed by atoms with E-state index in [1.54, 1.807) is 6.07 Å². The molecule has 0 aromatic heterocycles. The molecule has 0 fully saturated rings. The predicted octanol–water partition coefficient (Wildman–Crippen LogP) is 2.68. The SMILES string of the molecule is CCCCN(CCO)CC(=O)Nc1cccc(Cl)c1C. The van der Waals surface area contributed by atoms with Crippen LogP contribution in [0.15, 0.2) is 18.2 Å². The van der Waals surface area contributed by atoms with Gasteiger partial charge in [0.15, 0.2) is 0 Å². The van der Waals surface area contributed by atoms with E-state index in [-0.39, 0.29) is 19.1 Å². The van der Waals surface area contributed by atoms with Crippen molar-refractivity contribution in [2.75, 3.05) is 31.6 Å². The predicted molar refractivity (Wildman–Crippen MR) is 83.3 cm³/mol. The van der Waals surface area contributed by atoms with Crippen molar-refractivity contribution in [1.29, 1.82) is 0 Å². The average molecular weight is 299 g/mol. The Kier molecular flexibility index (Phi) is 7.59. The van der Waals surface area contributed by atoms with Gasteiger partial charge in [-0.1, -0.05) is 31.0 Å². The highest BCUT2D eigenvalue weighted by Gasteiger charge is 2.11. The Labute approximate surface area is 125 Å². The van der Waals surface area contributed by atoms with Crippen LogP contribution in [0.5, 0.6) is 0 Å². The molecule has 4 nitrogen and oxygen atoms in total. The normalized spacial score (nSPS) is 10.8. The molecule has 1 amide bonds. The monoisotopic (exact) mass is 298 g/mol. The lowest BCUT2D eigenvalue weighted by atomic mass is 10.2. The molecule has 2 N–H and O–H groups in total. The molecule has 0 aliphatic heterocycles. The number of halogens is 1. The maximum Gasteiger partial charge on any atom is 0.238 e. The number of rotatable bonds is 8. The van der Waals surface area contributed by atoms with Gasteiger partial charge in [-0.2, -0.15) is 0 Å². The lowest BCUT2D eigenvalue weighted by Crippen LogP contribution is -2.36. The molecular formula is C15H23ClN2O2. The molecule has 0 unspecified atom stereocenters. The highest BCUT2D eigenvalue weighted by molar-refractivity contribution is 6.31. The molecule has 0 aliphatic carbocycles. The van der Waals surface area contributed by atoms with E-state index < -0.39 is 0 Å². The van der Waals surface area contributed by atoms with Gasteiger partial charge in [-0.15, -0.1) is 0 Å². The van der Waals surface area contributed by atoms with E-state index in [1.165, 1.54) is 0 Å². The van der Waals surface area contributed by atoms with E-state index in [9.17, 15) is 4.79 Å². The Morgan fingerprint density at radius 3 is 2.80 bits per heavy atom. The van der Waals surface area contributed by atoms with Gasteiger partial charge in [-0.3, -0.25) is 9.69 Å². The summed E-state index contributed by atoms with van der Waals surface area (Å²) in [6, 6.07) is 5.45. The smallest absolute Gasteiger partial charge is 0.238 e. The molecule has 1 rings (SSSR count). The van der Waals surface area contributed by atoms with E-state index in [4.69, 9.17) is 16.7 Å². The maximum atomic E-state index is 12.0. The van der Waals surface area contributed by atoms with Crippen LogP contribution in [0.25, 0.3) is 0 Å². The van der Waals surface area contributed by atoms with Gasteiger partial charge in [0.2, 0.25) is 5.91 Å². The number of hydrogen-bond donors (Lipinski definition) is 2. The number of carbonyl (C=O) groups is 1. The van der Waals surface area contributed by atoms with Crippen LogP contribution in [-0.2, 0) is 4.79 Å². The topological polar surface area (TPSA) is 52.6 Å². The molecule has 0 aliphatic rings. The minimum Gasteiger partial charge on any atom is -0.395 e. The number of amides is 1. The molecule has 1 aromatic rings. The number of carbonyl (C=O) groups excluding carboxylic acids is 1. The summed E-state index contributed by atoms with van der Waals surface area (Å²) >= 11 is 6.03. The van der Waals surface area contributed by atoms with Crippen molar-refractivity contribution >= 4 is 23.2 Å². The first-order valence-electron chi connectivity index (χ1n) is 6.96. The molecule has 112 valence electrons. The Morgan fingerprint density at radius 2 is 2.15 bits per heavy atom. The van der Waals surface area contributed by atoms with Gasteiger partial charge >= 0.3 is 0 Å².